The molecule has 0 aliphatic carbocycles. The zero-order valence-electron chi connectivity index (χ0n) is 15.6. The van der Waals surface area contributed by atoms with E-state index in [0.29, 0.717) is 25.0 Å². The number of esters is 2. The molecule has 1 aliphatic rings. The first kappa shape index (κ1) is 21.6. The summed E-state index contributed by atoms with van der Waals surface area (Å²) in [5.41, 5.74) is -0.603. The van der Waals surface area contributed by atoms with E-state index in [2.05, 4.69) is 14.9 Å². The predicted molar refractivity (Wildman–Crippen MR) is 98.9 cm³/mol. The van der Waals surface area contributed by atoms with Crippen molar-refractivity contribution >= 4 is 11.9 Å². The molecule has 2 heterocycles. The van der Waals surface area contributed by atoms with Crippen LogP contribution in [-0.2, 0) is 30.2 Å². The number of morpholine rings is 1. The Labute approximate surface area is 161 Å². The first-order chi connectivity index (χ1) is 13.5. The second kappa shape index (κ2) is 11.9. The maximum Gasteiger partial charge on any atom is 0.331 e. The van der Waals surface area contributed by atoms with Crippen LogP contribution in [0.1, 0.15) is 18.5 Å². The summed E-state index contributed by atoms with van der Waals surface area (Å²) in [6.45, 7) is 4.43. The SMILES string of the molecule is O=C(/C=C/C(=O)OCCCN1CCOCC1)OCCCc1cc(=O)[nH]c(=O)[nH]1. The number of ether oxygens (including phenoxy) is 3. The Hall–Kier alpha value is -2.72. The van der Waals surface area contributed by atoms with E-state index in [1.165, 1.54) is 6.07 Å². The molecule has 0 radical (unpaired) electrons. The maximum absolute atomic E-state index is 11.6. The van der Waals surface area contributed by atoms with Gasteiger partial charge in [0.25, 0.3) is 5.56 Å². The van der Waals surface area contributed by atoms with Crippen molar-refractivity contribution in [2.24, 2.45) is 0 Å². The maximum atomic E-state index is 11.6. The second-order valence-electron chi connectivity index (χ2n) is 6.19. The van der Waals surface area contributed by atoms with Crippen molar-refractivity contribution in [2.45, 2.75) is 19.3 Å². The minimum atomic E-state index is -0.662. The van der Waals surface area contributed by atoms with Gasteiger partial charge in [-0.15, -0.1) is 0 Å². The van der Waals surface area contributed by atoms with Gasteiger partial charge in [0.2, 0.25) is 0 Å². The van der Waals surface area contributed by atoms with Gasteiger partial charge in [0.05, 0.1) is 26.4 Å². The fourth-order valence-electron chi connectivity index (χ4n) is 2.61. The number of carbonyl (C=O) groups is 2. The van der Waals surface area contributed by atoms with E-state index in [1.54, 1.807) is 0 Å². The lowest BCUT2D eigenvalue weighted by molar-refractivity contribution is -0.140. The van der Waals surface area contributed by atoms with E-state index >= 15 is 0 Å². The Bertz CT molecular complexity index is 750. The van der Waals surface area contributed by atoms with Crippen LogP contribution in [0.15, 0.2) is 27.8 Å². The molecule has 10 nitrogen and oxygen atoms in total. The van der Waals surface area contributed by atoms with Crippen LogP contribution in [0.4, 0.5) is 0 Å². The number of carbonyl (C=O) groups excluding carboxylic acids is 2. The highest BCUT2D eigenvalue weighted by atomic mass is 16.5. The highest BCUT2D eigenvalue weighted by Crippen LogP contribution is 1.99. The summed E-state index contributed by atoms with van der Waals surface area (Å²) in [6.07, 6.45) is 3.56. The van der Waals surface area contributed by atoms with Gasteiger partial charge in [-0.2, -0.15) is 0 Å². The average Bonchev–Trinajstić information content (AvgIpc) is 2.67. The van der Waals surface area contributed by atoms with Crippen molar-refractivity contribution in [3.05, 3.63) is 44.8 Å². The van der Waals surface area contributed by atoms with Gasteiger partial charge in [-0.05, 0) is 19.3 Å². The summed E-state index contributed by atoms with van der Waals surface area (Å²) in [6, 6.07) is 1.28. The molecular weight excluding hydrogens is 370 g/mol. The topological polar surface area (TPSA) is 131 Å². The van der Waals surface area contributed by atoms with Crippen molar-refractivity contribution in [3.8, 4) is 0 Å². The van der Waals surface area contributed by atoms with E-state index in [-0.39, 0.29) is 13.2 Å². The van der Waals surface area contributed by atoms with Crippen LogP contribution in [0.5, 0.6) is 0 Å². The number of H-pyrrole nitrogens is 2. The minimum absolute atomic E-state index is 0.0899. The second-order valence-corrected chi connectivity index (χ2v) is 6.19. The number of aryl methyl sites for hydroxylation is 1. The number of aromatic amines is 2. The Balaban J connectivity index is 1.54. The molecule has 1 saturated heterocycles. The summed E-state index contributed by atoms with van der Waals surface area (Å²) in [7, 11) is 0. The van der Waals surface area contributed by atoms with Crippen LogP contribution in [0.2, 0.25) is 0 Å². The molecule has 10 heteroatoms. The Morgan fingerprint density at radius 3 is 2.32 bits per heavy atom. The summed E-state index contributed by atoms with van der Waals surface area (Å²) in [5, 5.41) is 0. The number of rotatable bonds is 10. The standard InChI is InChI=1S/C18H25N3O7/c22-15-13-14(19-18(25)20-15)3-1-9-27-16(23)4-5-17(24)28-10-2-6-21-7-11-26-12-8-21/h4-5,13H,1-3,6-12H2,(H2,19,20,22,25)/b5-4+. The Morgan fingerprint density at radius 1 is 1.04 bits per heavy atom. The molecule has 0 atom stereocenters. The smallest absolute Gasteiger partial charge is 0.331 e. The molecule has 0 aromatic carbocycles. The first-order valence-electron chi connectivity index (χ1n) is 9.17. The summed E-state index contributed by atoms with van der Waals surface area (Å²) in [4.78, 5) is 52.2. The van der Waals surface area contributed by atoms with Crippen molar-refractivity contribution in [3.63, 3.8) is 0 Å². The first-order valence-corrected chi connectivity index (χ1v) is 9.17. The highest BCUT2D eigenvalue weighted by molar-refractivity contribution is 5.91. The minimum Gasteiger partial charge on any atom is -0.463 e. The number of nitrogens with one attached hydrogen (secondary N) is 2. The average molecular weight is 395 g/mol. The number of hydrogen-bond donors (Lipinski definition) is 2. The van der Waals surface area contributed by atoms with Crippen LogP contribution >= 0.6 is 0 Å². The predicted octanol–water partition coefficient (Wildman–Crippen LogP) is -0.639. The number of hydrogen-bond acceptors (Lipinski definition) is 8. The Kier molecular flexibility index (Phi) is 9.16. The summed E-state index contributed by atoms with van der Waals surface area (Å²) in [5.74, 6) is -1.26. The van der Waals surface area contributed by atoms with Crippen LogP contribution in [-0.4, -0.2) is 72.9 Å². The molecule has 1 aromatic rings. The molecule has 28 heavy (non-hydrogen) atoms. The zero-order chi connectivity index (χ0) is 20.2. The van der Waals surface area contributed by atoms with Crippen LogP contribution in [0.25, 0.3) is 0 Å². The third-order valence-corrected chi connectivity index (χ3v) is 3.97. The molecule has 2 rings (SSSR count). The van der Waals surface area contributed by atoms with Crippen molar-refractivity contribution in [1.82, 2.24) is 14.9 Å². The monoisotopic (exact) mass is 395 g/mol. The van der Waals surface area contributed by atoms with Gasteiger partial charge in [-0.3, -0.25) is 14.7 Å². The van der Waals surface area contributed by atoms with Gasteiger partial charge in [-0.1, -0.05) is 0 Å². The largest absolute Gasteiger partial charge is 0.463 e. The van der Waals surface area contributed by atoms with Crippen LogP contribution in [0, 0.1) is 0 Å². The quantitative estimate of drug-likeness (QED) is 0.304. The molecular formula is C18H25N3O7. The van der Waals surface area contributed by atoms with Gasteiger partial charge in [0.1, 0.15) is 0 Å². The molecule has 1 fully saturated rings. The van der Waals surface area contributed by atoms with Gasteiger partial charge in [0.15, 0.2) is 0 Å². The van der Waals surface area contributed by atoms with Crippen LogP contribution < -0.4 is 11.2 Å². The molecule has 154 valence electrons. The molecule has 2 N–H and O–H groups in total. The Morgan fingerprint density at radius 2 is 1.68 bits per heavy atom. The van der Waals surface area contributed by atoms with Crippen molar-refractivity contribution in [2.75, 3.05) is 46.1 Å². The lowest BCUT2D eigenvalue weighted by Gasteiger charge is -2.26. The third kappa shape index (κ3) is 8.78. The van der Waals surface area contributed by atoms with Crippen molar-refractivity contribution < 1.29 is 23.8 Å². The van der Waals surface area contributed by atoms with Crippen LogP contribution in [0.3, 0.4) is 0 Å². The number of nitrogens with zero attached hydrogens (tertiary/aromatic N) is 1. The fourth-order valence-corrected chi connectivity index (χ4v) is 2.61. The summed E-state index contributed by atoms with van der Waals surface area (Å²) >= 11 is 0. The molecule has 0 saturated carbocycles. The molecule has 0 bridgehead atoms. The lowest BCUT2D eigenvalue weighted by Crippen LogP contribution is -2.37. The van der Waals surface area contributed by atoms with E-state index in [1.807, 2.05) is 0 Å². The van der Waals surface area contributed by atoms with E-state index in [4.69, 9.17) is 14.2 Å². The van der Waals surface area contributed by atoms with Gasteiger partial charge in [-0.25, -0.2) is 14.4 Å². The fraction of sp³-hybridized carbons (Fsp3) is 0.556. The van der Waals surface area contributed by atoms with E-state index in [9.17, 15) is 19.2 Å². The lowest BCUT2D eigenvalue weighted by atomic mass is 10.2. The van der Waals surface area contributed by atoms with Gasteiger partial charge < -0.3 is 19.2 Å². The van der Waals surface area contributed by atoms with E-state index < -0.39 is 23.2 Å². The zero-order valence-corrected chi connectivity index (χ0v) is 15.6. The molecule has 1 aromatic heterocycles. The highest BCUT2D eigenvalue weighted by Gasteiger charge is 2.09. The molecule has 0 spiro atoms. The summed E-state index contributed by atoms with van der Waals surface area (Å²) < 4.78 is 15.2. The van der Waals surface area contributed by atoms with Crippen molar-refractivity contribution in [1.29, 1.82) is 0 Å². The number of aromatic nitrogens is 2. The molecule has 0 unspecified atom stereocenters. The normalized spacial score (nSPS) is 14.9. The van der Waals surface area contributed by atoms with Gasteiger partial charge >= 0.3 is 17.6 Å². The third-order valence-electron chi connectivity index (χ3n) is 3.97. The van der Waals surface area contributed by atoms with E-state index in [0.717, 1.165) is 45.0 Å². The molecule has 0 amide bonds. The van der Waals surface area contributed by atoms with Gasteiger partial charge in [0, 0.05) is 43.5 Å². The molecule has 1 aliphatic heterocycles.